The molecule has 0 bridgehead atoms. The lowest BCUT2D eigenvalue weighted by molar-refractivity contribution is -0.384. The number of hydrogen-bond donors (Lipinski definition) is 1. The predicted octanol–water partition coefficient (Wildman–Crippen LogP) is 2.69. The number of anilines is 1. The van der Waals surface area contributed by atoms with Gasteiger partial charge in [0.2, 0.25) is 0 Å². The van der Waals surface area contributed by atoms with E-state index >= 15 is 0 Å². The molecule has 0 heterocycles. The van der Waals surface area contributed by atoms with E-state index in [0.29, 0.717) is 19.0 Å². The van der Waals surface area contributed by atoms with Crippen LogP contribution >= 0.6 is 0 Å². The third kappa shape index (κ3) is 3.69. The first-order valence-electron chi connectivity index (χ1n) is 6.73. The number of carbonyl (C=O) groups excluding carboxylic acids is 1. The third-order valence-electron chi connectivity index (χ3n) is 3.38. The van der Waals surface area contributed by atoms with Crippen molar-refractivity contribution < 1.29 is 9.72 Å². The Morgan fingerprint density at radius 1 is 1.45 bits per heavy atom. The highest BCUT2D eigenvalue weighted by Gasteiger charge is 2.21. The highest BCUT2D eigenvalue weighted by molar-refractivity contribution is 5.99. The smallest absolute Gasteiger partial charge is 0.270 e. The van der Waals surface area contributed by atoms with Crippen LogP contribution in [0.25, 0.3) is 0 Å². The van der Waals surface area contributed by atoms with Crippen LogP contribution in [-0.2, 0) is 0 Å². The number of nitrogen functional groups attached to an aromatic ring is 1. The molecule has 2 N–H and O–H groups in total. The van der Waals surface area contributed by atoms with Gasteiger partial charge in [-0.2, -0.15) is 0 Å². The molecular formula is C14H21N3O3. The monoisotopic (exact) mass is 279 g/mol. The van der Waals surface area contributed by atoms with Gasteiger partial charge in [-0.15, -0.1) is 0 Å². The molecule has 0 aliphatic carbocycles. The van der Waals surface area contributed by atoms with Gasteiger partial charge in [0.05, 0.1) is 10.5 Å². The van der Waals surface area contributed by atoms with E-state index in [2.05, 4.69) is 13.8 Å². The number of nitrogens with two attached hydrogens (primary N) is 1. The number of nitrogens with zero attached hydrogens (tertiary/aromatic N) is 2. The fourth-order valence-electron chi connectivity index (χ4n) is 1.87. The molecule has 0 radical (unpaired) electrons. The summed E-state index contributed by atoms with van der Waals surface area (Å²) in [5, 5.41) is 10.8. The quantitative estimate of drug-likeness (QED) is 0.492. The summed E-state index contributed by atoms with van der Waals surface area (Å²) in [6.45, 7) is 7.17. The largest absolute Gasteiger partial charge is 0.398 e. The van der Waals surface area contributed by atoms with Gasteiger partial charge in [0, 0.05) is 30.9 Å². The van der Waals surface area contributed by atoms with Crippen LogP contribution in [0.1, 0.15) is 37.6 Å². The zero-order valence-electron chi connectivity index (χ0n) is 12.1. The Kier molecular flexibility index (Phi) is 5.49. The summed E-state index contributed by atoms with van der Waals surface area (Å²) in [5.74, 6) is 0.118. The molecule has 0 aliphatic heterocycles. The zero-order valence-corrected chi connectivity index (χ0v) is 12.1. The second-order valence-electron chi connectivity index (χ2n) is 4.89. The molecule has 0 aliphatic rings. The lowest BCUT2D eigenvalue weighted by atomic mass is 10.1. The van der Waals surface area contributed by atoms with Gasteiger partial charge in [0.1, 0.15) is 0 Å². The van der Waals surface area contributed by atoms with Gasteiger partial charge in [-0.3, -0.25) is 14.9 Å². The lowest BCUT2D eigenvalue weighted by Crippen LogP contribution is -2.35. The molecule has 20 heavy (non-hydrogen) atoms. The van der Waals surface area contributed by atoms with Gasteiger partial charge in [0.15, 0.2) is 0 Å². The van der Waals surface area contributed by atoms with Crippen molar-refractivity contribution >= 4 is 17.3 Å². The summed E-state index contributed by atoms with van der Waals surface area (Å²) in [4.78, 5) is 24.4. The number of hydrogen-bond acceptors (Lipinski definition) is 4. The standard InChI is InChI=1S/C14H21N3O3/c1-4-10(3)9-16(5-2)14(18)12-8-11(17(19)20)6-7-13(12)15/h6-8,10H,4-5,9,15H2,1-3H3. The van der Waals surface area contributed by atoms with E-state index in [0.717, 1.165) is 6.42 Å². The van der Waals surface area contributed by atoms with Crippen LogP contribution in [0.2, 0.25) is 0 Å². The fourth-order valence-corrected chi connectivity index (χ4v) is 1.87. The Hall–Kier alpha value is -2.11. The van der Waals surface area contributed by atoms with Crippen LogP contribution in [0.15, 0.2) is 18.2 Å². The van der Waals surface area contributed by atoms with E-state index in [1.807, 2.05) is 6.92 Å². The van der Waals surface area contributed by atoms with E-state index in [4.69, 9.17) is 5.73 Å². The molecule has 0 saturated carbocycles. The summed E-state index contributed by atoms with van der Waals surface area (Å²) >= 11 is 0. The Labute approximate surface area is 118 Å². The molecule has 1 atom stereocenters. The first kappa shape index (κ1) is 15.9. The summed E-state index contributed by atoms with van der Waals surface area (Å²) in [7, 11) is 0. The van der Waals surface area contributed by atoms with E-state index in [1.165, 1.54) is 18.2 Å². The average molecular weight is 279 g/mol. The zero-order chi connectivity index (χ0) is 15.3. The van der Waals surface area contributed by atoms with Crippen LogP contribution in [0.5, 0.6) is 0 Å². The Morgan fingerprint density at radius 2 is 2.10 bits per heavy atom. The molecule has 1 aromatic carbocycles. The van der Waals surface area contributed by atoms with Crippen molar-refractivity contribution in [3.63, 3.8) is 0 Å². The number of nitro groups is 1. The van der Waals surface area contributed by atoms with Gasteiger partial charge in [0.25, 0.3) is 11.6 Å². The highest BCUT2D eigenvalue weighted by atomic mass is 16.6. The molecule has 0 saturated heterocycles. The minimum Gasteiger partial charge on any atom is -0.398 e. The fraction of sp³-hybridized carbons (Fsp3) is 0.500. The van der Waals surface area contributed by atoms with Crippen molar-refractivity contribution in [1.29, 1.82) is 0 Å². The molecule has 110 valence electrons. The third-order valence-corrected chi connectivity index (χ3v) is 3.38. The number of benzene rings is 1. The van der Waals surface area contributed by atoms with Gasteiger partial charge in [-0.1, -0.05) is 20.3 Å². The average Bonchev–Trinajstić information content (AvgIpc) is 2.43. The van der Waals surface area contributed by atoms with Crippen molar-refractivity contribution in [3.8, 4) is 0 Å². The van der Waals surface area contributed by atoms with Gasteiger partial charge >= 0.3 is 0 Å². The summed E-state index contributed by atoms with van der Waals surface area (Å²) in [5.41, 5.74) is 6.12. The number of nitro benzene ring substituents is 1. The first-order chi connectivity index (χ1) is 9.40. The lowest BCUT2D eigenvalue weighted by Gasteiger charge is -2.24. The number of carbonyl (C=O) groups is 1. The summed E-state index contributed by atoms with van der Waals surface area (Å²) < 4.78 is 0. The van der Waals surface area contributed by atoms with Crippen molar-refractivity contribution in [1.82, 2.24) is 4.90 Å². The maximum atomic E-state index is 12.4. The maximum Gasteiger partial charge on any atom is 0.270 e. The van der Waals surface area contributed by atoms with Crippen LogP contribution in [0, 0.1) is 16.0 Å². The minimum absolute atomic E-state index is 0.123. The molecule has 1 rings (SSSR count). The molecule has 0 aromatic heterocycles. The Bertz CT molecular complexity index is 502. The SMILES string of the molecule is CCC(C)CN(CC)C(=O)c1cc([N+](=O)[O-])ccc1N. The van der Waals surface area contributed by atoms with E-state index < -0.39 is 4.92 Å². The predicted molar refractivity (Wildman–Crippen MR) is 78.5 cm³/mol. The molecule has 1 amide bonds. The van der Waals surface area contributed by atoms with Gasteiger partial charge in [-0.25, -0.2) is 0 Å². The summed E-state index contributed by atoms with van der Waals surface area (Å²) in [6, 6.07) is 3.95. The van der Waals surface area contributed by atoms with Crippen molar-refractivity contribution in [2.75, 3.05) is 18.8 Å². The number of amides is 1. The highest BCUT2D eigenvalue weighted by Crippen LogP contribution is 2.21. The maximum absolute atomic E-state index is 12.4. The van der Waals surface area contributed by atoms with E-state index in [9.17, 15) is 14.9 Å². The molecule has 1 unspecified atom stereocenters. The second kappa shape index (κ2) is 6.88. The number of non-ortho nitro benzene ring substituents is 1. The van der Waals surface area contributed by atoms with E-state index in [-0.39, 0.29) is 22.8 Å². The molecule has 6 nitrogen and oxygen atoms in total. The molecule has 0 spiro atoms. The second-order valence-corrected chi connectivity index (χ2v) is 4.89. The normalized spacial score (nSPS) is 11.9. The topological polar surface area (TPSA) is 89.5 Å². The minimum atomic E-state index is -0.527. The van der Waals surface area contributed by atoms with Crippen LogP contribution < -0.4 is 5.73 Å². The Balaban J connectivity index is 3.05. The molecular weight excluding hydrogens is 258 g/mol. The summed E-state index contributed by atoms with van der Waals surface area (Å²) in [6.07, 6.45) is 0.966. The Morgan fingerprint density at radius 3 is 2.60 bits per heavy atom. The van der Waals surface area contributed by atoms with Crippen molar-refractivity contribution in [2.24, 2.45) is 5.92 Å². The number of rotatable bonds is 6. The molecule has 6 heteroatoms. The van der Waals surface area contributed by atoms with Gasteiger partial charge in [-0.05, 0) is 18.9 Å². The first-order valence-corrected chi connectivity index (χ1v) is 6.73. The van der Waals surface area contributed by atoms with Crippen molar-refractivity contribution in [3.05, 3.63) is 33.9 Å². The molecule has 0 fully saturated rings. The van der Waals surface area contributed by atoms with E-state index in [1.54, 1.807) is 4.90 Å². The van der Waals surface area contributed by atoms with Crippen LogP contribution in [0.4, 0.5) is 11.4 Å². The van der Waals surface area contributed by atoms with Crippen LogP contribution in [0.3, 0.4) is 0 Å². The molecule has 1 aromatic rings. The van der Waals surface area contributed by atoms with Crippen molar-refractivity contribution in [2.45, 2.75) is 27.2 Å². The van der Waals surface area contributed by atoms with Gasteiger partial charge < -0.3 is 10.6 Å². The van der Waals surface area contributed by atoms with Crippen LogP contribution in [-0.4, -0.2) is 28.8 Å².